The summed E-state index contributed by atoms with van der Waals surface area (Å²) in [5.41, 5.74) is 2.38. The maximum atomic E-state index is 12.7. The molecular formula is C19H22ClN3O2S2. The summed E-state index contributed by atoms with van der Waals surface area (Å²) in [4.78, 5) is 2.28. The van der Waals surface area contributed by atoms with Gasteiger partial charge in [0.25, 0.3) is 0 Å². The highest BCUT2D eigenvalue weighted by atomic mass is 35.5. The van der Waals surface area contributed by atoms with Crippen LogP contribution in [0.5, 0.6) is 0 Å². The van der Waals surface area contributed by atoms with Gasteiger partial charge in [0, 0.05) is 37.7 Å². The third-order valence-electron chi connectivity index (χ3n) is 4.54. The Morgan fingerprint density at radius 3 is 2.22 bits per heavy atom. The van der Waals surface area contributed by atoms with E-state index in [1.165, 1.54) is 22.0 Å². The van der Waals surface area contributed by atoms with Crippen molar-refractivity contribution < 1.29 is 8.42 Å². The van der Waals surface area contributed by atoms with Gasteiger partial charge in [-0.3, -0.25) is 0 Å². The van der Waals surface area contributed by atoms with E-state index in [4.69, 9.17) is 23.8 Å². The van der Waals surface area contributed by atoms with Crippen LogP contribution in [-0.2, 0) is 16.6 Å². The molecular weight excluding hydrogens is 402 g/mol. The van der Waals surface area contributed by atoms with Crippen LogP contribution in [0.4, 0.5) is 0 Å². The number of benzene rings is 2. The number of sulfonamides is 1. The largest absolute Gasteiger partial charge is 0.358 e. The minimum absolute atomic E-state index is 0.264. The summed E-state index contributed by atoms with van der Waals surface area (Å²) in [5, 5.41) is 4.42. The maximum absolute atomic E-state index is 12.7. The molecule has 5 nitrogen and oxygen atoms in total. The Morgan fingerprint density at radius 1 is 1.04 bits per heavy atom. The SMILES string of the molecule is Cc1ccc(CNC(=S)N2CCN(S(=O)(=O)c3ccc(Cl)cc3)CC2)cc1. The van der Waals surface area contributed by atoms with Gasteiger partial charge in [0.2, 0.25) is 10.0 Å². The smallest absolute Gasteiger partial charge is 0.243 e. The number of nitrogens with one attached hydrogen (secondary N) is 1. The monoisotopic (exact) mass is 423 g/mol. The molecule has 0 unspecified atom stereocenters. The van der Waals surface area contributed by atoms with Gasteiger partial charge >= 0.3 is 0 Å². The third-order valence-corrected chi connectivity index (χ3v) is 7.11. The lowest BCUT2D eigenvalue weighted by molar-refractivity contribution is 0.264. The molecule has 1 fully saturated rings. The second kappa shape index (κ2) is 8.56. The maximum Gasteiger partial charge on any atom is 0.243 e. The molecule has 0 aliphatic carbocycles. The van der Waals surface area contributed by atoms with Crippen LogP contribution in [0.1, 0.15) is 11.1 Å². The molecule has 1 N–H and O–H groups in total. The van der Waals surface area contributed by atoms with Gasteiger partial charge in [-0.05, 0) is 49.0 Å². The van der Waals surface area contributed by atoms with Crippen LogP contribution in [0.15, 0.2) is 53.4 Å². The van der Waals surface area contributed by atoms with Crippen LogP contribution >= 0.6 is 23.8 Å². The van der Waals surface area contributed by atoms with Crippen LogP contribution in [0.3, 0.4) is 0 Å². The highest BCUT2D eigenvalue weighted by Crippen LogP contribution is 2.20. The first-order chi connectivity index (χ1) is 12.9. The molecule has 0 spiro atoms. The molecule has 2 aromatic carbocycles. The Morgan fingerprint density at radius 2 is 1.63 bits per heavy atom. The van der Waals surface area contributed by atoms with Gasteiger partial charge in [-0.1, -0.05) is 41.4 Å². The molecule has 8 heteroatoms. The van der Waals surface area contributed by atoms with Gasteiger partial charge in [0.15, 0.2) is 5.11 Å². The van der Waals surface area contributed by atoms with E-state index >= 15 is 0 Å². The molecule has 0 aromatic heterocycles. The zero-order valence-electron chi connectivity index (χ0n) is 15.1. The molecule has 2 aromatic rings. The van der Waals surface area contributed by atoms with Gasteiger partial charge in [0.05, 0.1) is 4.90 Å². The Bertz CT molecular complexity index is 892. The minimum atomic E-state index is -3.50. The summed E-state index contributed by atoms with van der Waals surface area (Å²) in [6.07, 6.45) is 0. The summed E-state index contributed by atoms with van der Waals surface area (Å²) in [7, 11) is -3.50. The van der Waals surface area contributed by atoms with Gasteiger partial charge in [-0.25, -0.2) is 8.42 Å². The fourth-order valence-electron chi connectivity index (χ4n) is 2.88. The number of thiocarbonyl (C=S) groups is 1. The van der Waals surface area contributed by atoms with Crippen LogP contribution in [0, 0.1) is 6.92 Å². The topological polar surface area (TPSA) is 52.6 Å². The van der Waals surface area contributed by atoms with Crippen molar-refractivity contribution in [1.82, 2.24) is 14.5 Å². The van der Waals surface area contributed by atoms with E-state index in [9.17, 15) is 8.42 Å². The first kappa shape index (κ1) is 20.1. The number of hydrogen-bond acceptors (Lipinski definition) is 3. The molecule has 0 saturated carbocycles. The summed E-state index contributed by atoms with van der Waals surface area (Å²) in [5.74, 6) is 0. The van der Waals surface area contributed by atoms with E-state index in [1.807, 2.05) is 4.90 Å². The number of hydrogen-bond donors (Lipinski definition) is 1. The van der Waals surface area contributed by atoms with Gasteiger partial charge in [0.1, 0.15) is 0 Å². The fraction of sp³-hybridized carbons (Fsp3) is 0.316. The van der Waals surface area contributed by atoms with Crippen molar-refractivity contribution in [2.45, 2.75) is 18.4 Å². The van der Waals surface area contributed by atoms with Crippen molar-refractivity contribution in [2.75, 3.05) is 26.2 Å². The lowest BCUT2D eigenvalue weighted by atomic mass is 10.1. The van der Waals surface area contributed by atoms with Crippen molar-refractivity contribution in [3.8, 4) is 0 Å². The van der Waals surface area contributed by atoms with Crippen molar-refractivity contribution in [2.24, 2.45) is 0 Å². The first-order valence-electron chi connectivity index (χ1n) is 8.70. The third kappa shape index (κ3) is 4.99. The molecule has 0 bridgehead atoms. The van der Waals surface area contributed by atoms with Crippen LogP contribution in [0.25, 0.3) is 0 Å². The molecule has 1 saturated heterocycles. The number of rotatable bonds is 4. The van der Waals surface area contributed by atoms with E-state index in [0.29, 0.717) is 42.9 Å². The normalized spacial score (nSPS) is 15.6. The molecule has 0 radical (unpaired) electrons. The predicted molar refractivity (Wildman–Crippen MR) is 112 cm³/mol. The van der Waals surface area contributed by atoms with Crippen LogP contribution in [0.2, 0.25) is 5.02 Å². The van der Waals surface area contributed by atoms with Crippen LogP contribution < -0.4 is 5.32 Å². The lowest BCUT2D eigenvalue weighted by Gasteiger charge is -2.35. The van der Waals surface area contributed by atoms with E-state index in [1.54, 1.807) is 12.1 Å². The second-order valence-corrected chi connectivity index (χ2v) is 9.25. The number of piperazine rings is 1. The Labute approximate surface area is 171 Å². The number of nitrogens with zero attached hydrogens (tertiary/aromatic N) is 2. The molecule has 1 aliphatic heterocycles. The average Bonchev–Trinajstić information content (AvgIpc) is 2.68. The Hall–Kier alpha value is -1.67. The average molecular weight is 424 g/mol. The molecule has 27 heavy (non-hydrogen) atoms. The van der Waals surface area contributed by atoms with E-state index in [-0.39, 0.29) is 4.90 Å². The molecule has 1 aliphatic rings. The quantitative estimate of drug-likeness (QED) is 0.766. The molecule has 1 heterocycles. The molecule has 0 atom stereocenters. The first-order valence-corrected chi connectivity index (χ1v) is 10.9. The number of aryl methyl sites for hydroxylation is 1. The Balaban J connectivity index is 1.54. The summed E-state index contributed by atoms with van der Waals surface area (Å²) in [6.45, 7) is 4.63. The van der Waals surface area contributed by atoms with Crippen LogP contribution in [-0.4, -0.2) is 48.9 Å². The predicted octanol–water partition coefficient (Wildman–Crippen LogP) is 3.03. The summed E-state index contributed by atoms with van der Waals surface area (Å²) < 4.78 is 27.0. The molecule has 0 amide bonds. The zero-order chi connectivity index (χ0) is 19.4. The van der Waals surface area contributed by atoms with Crippen molar-refractivity contribution in [3.05, 3.63) is 64.7 Å². The standard InChI is InChI=1S/C19H22ClN3O2S2/c1-15-2-4-16(5-3-15)14-21-19(26)22-10-12-23(13-11-22)27(24,25)18-8-6-17(20)7-9-18/h2-9H,10-14H2,1H3,(H,21,26). The van der Waals surface area contributed by atoms with E-state index < -0.39 is 10.0 Å². The molecule has 3 rings (SSSR count). The second-order valence-electron chi connectivity index (χ2n) is 6.49. The Kier molecular flexibility index (Phi) is 6.37. The highest BCUT2D eigenvalue weighted by molar-refractivity contribution is 7.89. The van der Waals surface area contributed by atoms with Crippen molar-refractivity contribution in [1.29, 1.82) is 0 Å². The molecule has 144 valence electrons. The highest BCUT2D eigenvalue weighted by Gasteiger charge is 2.29. The van der Waals surface area contributed by atoms with Crippen molar-refractivity contribution >= 4 is 39.0 Å². The minimum Gasteiger partial charge on any atom is -0.358 e. The van der Waals surface area contributed by atoms with E-state index in [2.05, 4.69) is 36.5 Å². The van der Waals surface area contributed by atoms with Gasteiger partial charge in [-0.15, -0.1) is 0 Å². The summed E-state index contributed by atoms with van der Waals surface area (Å²) in [6, 6.07) is 14.5. The fourth-order valence-corrected chi connectivity index (χ4v) is 4.69. The van der Waals surface area contributed by atoms with Gasteiger partial charge < -0.3 is 10.2 Å². The van der Waals surface area contributed by atoms with Crippen molar-refractivity contribution in [3.63, 3.8) is 0 Å². The van der Waals surface area contributed by atoms with E-state index in [0.717, 1.165) is 5.56 Å². The van der Waals surface area contributed by atoms with Gasteiger partial charge in [-0.2, -0.15) is 4.31 Å². The zero-order valence-corrected chi connectivity index (χ0v) is 17.4. The lowest BCUT2D eigenvalue weighted by Crippen LogP contribution is -2.52. The number of halogens is 1. The summed E-state index contributed by atoms with van der Waals surface area (Å²) >= 11 is 11.3.